The van der Waals surface area contributed by atoms with Gasteiger partial charge in [0.15, 0.2) is 0 Å². The molecule has 0 aromatic heterocycles. The maximum Gasteiger partial charge on any atom is 0.230 e. The Morgan fingerprint density at radius 1 is 1.44 bits per heavy atom. The van der Waals surface area contributed by atoms with Crippen LogP contribution >= 0.6 is 27.7 Å². The van der Waals surface area contributed by atoms with Gasteiger partial charge in [0.1, 0.15) is 0 Å². The van der Waals surface area contributed by atoms with E-state index in [4.69, 9.17) is 0 Å². The van der Waals surface area contributed by atoms with E-state index in [9.17, 15) is 4.79 Å². The summed E-state index contributed by atoms with van der Waals surface area (Å²) in [5.74, 6) is 0.522. The molecule has 1 rings (SSSR count). The molecule has 0 aliphatic carbocycles. The minimum Gasteiger partial charge on any atom is -0.355 e. The second kappa shape index (κ2) is 7.52. The number of nitrogens with one attached hydrogen (secondary N) is 1. The number of thioether (sulfide) groups is 1. The zero-order valence-corrected chi connectivity index (χ0v) is 11.3. The van der Waals surface area contributed by atoms with Crippen LogP contribution in [0.25, 0.3) is 0 Å². The third-order valence-electron chi connectivity index (χ3n) is 1.85. The summed E-state index contributed by atoms with van der Waals surface area (Å²) in [4.78, 5) is 12.5. The van der Waals surface area contributed by atoms with Crippen LogP contribution in [0.15, 0.2) is 46.3 Å². The van der Waals surface area contributed by atoms with Crippen LogP contribution in [0.1, 0.15) is 6.42 Å². The van der Waals surface area contributed by atoms with Gasteiger partial charge in [0.2, 0.25) is 5.91 Å². The summed E-state index contributed by atoms with van der Waals surface area (Å²) in [6, 6.07) is 7.92. The van der Waals surface area contributed by atoms with E-state index in [0.29, 0.717) is 12.3 Å². The van der Waals surface area contributed by atoms with Crippen molar-refractivity contribution in [1.82, 2.24) is 5.32 Å². The molecule has 0 aliphatic heterocycles. The molecule has 1 N–H and O–H groups in total. The number of amides is 1. The van der Waals surface area contributed by atoms with Crippen molar-refractivity contribution in [3.63, 3.8) is 0 Å². The highest BCUT2D eigenvalue weighted by Crippen LogP contribution is 2.20. The Hall–Kier alpha value is -0.740. The van der Waals surface area contributed by atoms with Crippen LogP contribution in [0.5, 0.6) is 0 Å². The molecule has 0 heterocycles. The first-order chi connectivity index (χ1) is 7.72. The Morgan fingerprint density at radius 2 is 2.12 bits per heavy atom. The normalized spacial score (nSPS) is 9.81. The van der Waals surface area contributed by atoms with E-state index in [2.05, 4.69) is 27.8 Å². The Labute approximate surface area is 109 Å². The van der Waals surface area contributed by atoms with E-state index in [1.165, 1.54) is 11.8 Å². The van der Waals surface area contributed by atoms with Crippen molar-refractivity contribution in [2.75, 3.05) is 12.3 Å². The Balaban J connectivity index is 2.26. The summed E-state index contributed by atoms with van der Waals surface area (Å²) in [5.41, 5.74) is 0. The number of hydrogen-bond acceptors (Lipinski definition) is 2. The largest absolute Gasteiger partial charge is 0.355 e. The predicted molar refractivity (Wildman–Crippen MR) is 72.7 cm³/mol. The second-order valence-electron chi connectivity index (χ2n) is 3.17. The molecule has 1 aromatic rings. The van der Waals surface area contributed by atoms with Crippen molar-refractivity contribution in [3.8, 4) is 0 Å². The summed E-state index contributed by atoms with van der Waals surface area (Å²) in [7, 11) is 0. The van der Waals surface area contributed by atoms with Crippen LogP contribution < -0.4 is 5.32 Å². The van der Waals surface area contributed by atoms with Gasteiger partial charge in [-0.15, -0.1) is 18.3 Å². The molecule has 0 saturated carbocycles. The van der Waals surface area contributed by atoms with Crippen LogP contribution in [0.3, 0.4) is 0 Å². The van der Waals surface area contributed by atoms with Gasteiger partial charge in [0, 0.05) is 15.9 Å². The van der Waals surface area contributed by atoms with Gasteiger partial charge in [-0.1, -0.05) is 22.0 Å². The first kappa shape index (κ1) is 13.3. The SMILES string of the molecule is C=CCCNC(=O)CSc1ccc(Br)cc1. The van der Waals surface area contributed by atoms with Crippen LogP contribution in [0.4, 0.5) is 0 Å². The minimum absolute atomic E-state index is 0.0646. The number of rotatable bonds is 6. The fraction of sp³-hybridized carbons (Fsp3) is 0.250. The van der Waals surface area contributed by atoms with Crippen LogP contribution in [-0.2, 0) is 4.79 Å². The summed E-state index contributed by atoms with van der Waals surface area (Å²) >= 11 is 4.91. The molecule has 0 spiro atoms. The van der Waals surface area contributed by atoms with Gasteiger partial charge in [0.25, 0.3) is 0 Å². The van der Waals surface area contributed by atoms with Gasteiger partial charge in [-0.25, -0.2) is 0 Å². The number of halogens is 1. The molecule has 0 radical (unpaired) electrons. The zero-order chi connectivity index (χ0) is 11.8. The van der Waals surface area contributed by atoms with Gasteiger partial charge < -0.3 is 5.32 Å². The average Bonchev–Trinajstić information content (AvgIpc) is 2.29. The fourth-order valence-corrected chi connectivity index (χ4v) is 2.04. The topological polar surface area (TPSA) is 29.1 Å². The summed E-state index contributed by atoms with van der Waals surface area (Å²) in [5, 5.41) is 2.82. The molecule has 0 unspecified atom stereocenters. The lowest BCUT2D eigenvalue weighted by atomic mass is 10.4. The lowest BCUT2D eigenvalue weighted by molar-refractivity contribution is -0.118. The Morgan fingerprint density at radius 3 is 2.75 bits per heavy atom. The third kappa shape index (κ3) is 5.37. The van der Waals surface area contributed by atoms with Crippen molar-refractivity contribution in [3.05, 3.63) is 41.4 Å². The maximum absolute atomic E-state index is 11.4. The zero-order valence-electron chi connectivity index (χ0n) is 8.91. The monoisotopic (exact) mass is 299 g/mol. The average molecular weight is 300 g/mol. The first-order valence-corrected chi connectivity index (χ1v) is 6.76. The van der Waals surface area contributed by atoms with Gasteiger partial charge in [-0.05, 0) is 30.7 Å². The van der Waals surface area contributed by atoms with Crippen molar-refractivity contribution >= 4 is 33.6 Å². The molecule has 0 aliphatic rings. The molecule has 0 bridgehead atoms. The molecule has 0 saturated heterocycles. The molecule has 86 valence electrons. The smallest absolute Gasteiger partial charge is 0.230 e. The second-order valence-corrected chi connectivity index (χ2v) is 5.13. The molecule has 1 amide bonds. The van der Waals surface area contributed by atoms with Gasteiger partial charge in [-0.2, -0.15) is 0 Å². The summed E-state index contributed by atoms with van der Waals surface area (Å²) < 4.78 is 1.05. The van der Waals surface area contributed by atoms with E-state index in [0.717, 1.165) is 15.8 Å². The summed E-state index contributed by atoms with van der Waals surface area (Å²) in [6.07, 6.45) is 2.61. The molecular formula is C12H14BrNOS. The first-order valence-electron chi connectivity index (χ1n) is 4.98. The number of benzene rings is 1. The molecule has 0 fully saturated rings. The van der Waals surface area contributed by atoms with E-state index in [1.807, 2.05) is 24.3 Å². The molecule has 0 atom stereocenters. The van der Waals surface area contributed by atoms with Gasteiger partial charge in [-0.3, -0.25) is 4.79 Å². The number of carbonyl (C=O) groups excluding carboxylic acids is 1. The van der Waals surface area contributed by atoms with Gasteiger partial charge >= 0.3 is 0 Å². The van der Waals surface area contributed by atoms with E-state index in [-0.39, 0.29) is 5.91 Å². The maximum atomic E-state index is 11.4. The van der Waals surface area contributed by atoms with Crippen LogP contribution in [-0.4, -0.2) is 18.2 Å². The van der Waals surface area contributed by atoms with Crippen molar-refractivity contribution in [1.29, 1.82) is 0 Å². The molecular weight excluding hydrogens is 286 g/mol. The number of carbonyl (C=O) groups is 1. The van der Waals surface area contributed by atoms with E-state index in [1.54, 1.807) is 6.08 Å². The Kier molecular flexibility index (Phi) is 6.26. The van der Waals surface area contributed by atoms with E-state index < -0.39 is 0 Å². The highest BCUT2D eigenvalue weighted by atomic mass is 79.9. The van der Waals surface area contributed by atoms with Crippen LogP contribution in [0.2, 0.25) is 0 Å². The molecule has 1 aromatic carbocycles. The van der Waals surface area contributed by atoms with Crippen molar-refractivity contribution < 1.29 is 4.79 Å². The summed E-state index contributed by atoms with van der Waals surface area (Å²) in [6.45, 7) is 4.27. The van der Waals surface area contributed by atoms with Crippen molar-refractivity contribution in [2.45, 2.75) is 11.3 Å². The van der Waals surface area contributed by atoms with Crippen LogP contribution in [0, 0.1) is 0 Å². The van der Waals surface area contributed by atoms with Crippen molar-refractivity contribution in [2.24, 2.45) is 0 Å². The third-order valence-corrected chi connectivity index (χ3v) is 3.39. The standard InChI is InChI=1S/C12H14BrNOS/c1-2-3-8-14-12(15)9-16-11-6-4-10(13)5-7-11/h2,4-7H,1,3,8-9H2,(H,14,15). The van der Waals surface area contributed by atoms with E-state index >= 15 is 0 Å². The fourth-order valence-electron chi connectivity index (χ4n) is 1.04. The number of hydrogen-bond donors (Lipinski definition) is 1. The molecule has 4 heteroatoms. The predicted octanol–water partition coefficient (Wildman–Crippen LogP) is 3.23. The van der Waals surface area contributed by atoms with Gasteiger partial charge in [0.05, 0.1) is 5.75 Å². The molecule has 2 nitrogen and oxygen atoms in total. The lowest BCUT2D eigenvalue weighted by Gasteiger charge is -2.03. The lowest BCUT2D eigenvalue weighted by Crippen LogP contribution is -2.25. The quantitative estimate of drug-likeness (QED) is 0.496. The highest BCUT2D eigenvalue weighted by molar-refractivity contribution is 9.10. The molecule has 16 heavy (non-hydrogen) atoms. The minimum atomic E-state index is 0.0646. The highest BCUT2D eigenvalue weighted by Gasteiger charge is 2.01. The Bertz CT molecular complexity index is 351.